The Morgan fingerprint density at radius 3 is 3.00 bits per heavy atom. The molecule has 0 saturated carbocycles. The summed E-state index contributed by atoms with van der Waals surface area (Å²) in [6.45, 7) is 0. The quantitative estimate of drug-likeness (QED) is 0.151. The zero-order chi connectivity index (χ0) is 22.7. The highest BCUT2D eigenvalue weighted by atomic mass is 33.1. The molecule has 4 rings (SSSR count). The maximum Gasteiger partial charge on any atom is 0.352 e. The van der Waals surface area contributed by atoms with Crippen LogP contribution in [0.25, 0.3) is 0 Å². The molecule has 3 aliphatic heterocycles. The van der Waals surface area contributed by atoms with E-state index in [0.29, 0.717) is 28.5 Å². The van der Waals surface area contributed by atoms with Crippen LogP contribution in [0, 0.1) is 0 Å². The number of carboxylic acids is 1. The first kappa shape index (κ1) is 23.1. The van der Waals surface area contributed by atoms with Crippen LogP contribution in [0.15, 0.2) is 38.6 Å². The van der Waals surface area contributed by atoms with Gasteiger partial charge in [-0.1, -0.05) is 32.0 Å². The van der Waals surface area contributed by atoms with Crippen LogP contribution in [0.3, 0.4) is 0 Å². The maximum absolute atomic E-state index is 12.9. The van der Waals surface area contributed by atoms with Gasteiger partial charge in [-0.05, 0) is 23.0 Å². The van der Waals surface area contributed by atoms with Crippen LogP contribution < -0.4 is 5.32 Å². The van der Waals surface area contributed by atoms with E-state index in [2.05, 4.69) is 25.9 Å². The van der Waals surface area contributed by atoms with Gasteiger partial charge in [0.25, 0.3) is 11.8 Å². The monoisotopic (exact) mass is 514 g/mol. The highest BCUT2D eigenvalue weighted by Crippen LogP contribution is 2.41. The molecule has 4 heterocycles. The van der Waals surface area contributed by atoms with Crippen molar-refractivity contribution in [1.29, 1.82) is 0 Å². The summed E-state index contributed by atoms with van der Waals surface area (Å²) in [5.74, 6) is -0.509. The minimum atomic E-state index is -1.17. The van der Waals surface area contributed by atoms with Crippen LogP contribution in [0.4, 0.5) is 0 Å². The topological polar surface area (TPSA) is 150 Å². The standard InChI is InChI=1S/C17H18N6O5S4/c1-28-21-11(8-2-3-31-32-7-8)14(24)19-12-15(25)23-13(17(26)27)9(6-30-16(12)23)5-29-10-4-18-22-20-10/h4,7,12,16H,2-3,5-6H2,1H3,(H,19,24)(H,26,27)(H,18,20,22)/b21-11-/t12?,16-/m1/s1. The van der Waals surface area contributed by atoms with Crippen molar-refractivity contribution in [1.82, 2.24) is 25.6 Å². The Morgan fingerprint density at radius 2 is 2.34 bits per heavy atom. The summed E-state index contributed by atoms with van der Waals surface area (Å²) in [6, 6.07) is -0.832. The second-order valence-corrected chi connectivity index (χ2v) is 11.1. The van der Waals surface area contributed by atoms with E-state index in [1.807, 2.05) is 5.41 Å². The number of nitrogens with zero attached hydrogens (tertiary/aromatic N) is 4. The zero-order valence-electron chi connectivity index (χ0n) is 16.6. The summed E-state index contributed by atoms with van der Waals surface area (Å²) in [6.07, 6.45) is 2.21. The molecule has 2 atom stereocenters. The lowest BCUT2D eigenvalue weighted by Crippen LogP contribution is -2.71. The van der Waals surface area contributed by atoms with Crippen LogP contribution >= 0.6 is 45.1 Å². The van der Waals surface area contributed by atoms with Crippen molar-refractivity contribution >= 4 is 68.6 Å². The van der Waals surface area contributed by atoms with E-state index in [0.717, 1.165) is 11.3 Å². The molecule has 2 amide bonds. The van der Waals surface area contributed by atoms with Crippen molar-refractivity contribution in [3.63, 3.8) is 0 Å². The SMILES string of the molecule is CO/N=C(\C(=O)NC1C(=O)N2C(C(=O)O)=C(CSc3cnn[nH]3)CS[C@H]12)C1=CSSCC1. The number of aliphatic carboxylic acids is 1. The molecule has 1 unspecified atom stereocenters. The lowest BCUT2D eigenvalue weighted by molar-refractivity contribution is -0.150. The Bertz CT molecular complexity index is 1010. The Morgan fingerprint density at radius 1 is 1.50 bits per heavy atom. The highest BCUT2D eigenvalue weighted by Gasteiger charge is 2.54. The van der Waals surface area contributed by atoms with E-state index in [1.165, 1.54) is 46.3 Å². The van der Waals surface area contributed by atoms with Gasteiger partial charge in [0.15, 0.2) is 5.71 Å². The molecular weight excluding hydrogens is 496 g/mol. The number of aromatic amines is 1. The van der Waals surface area contributed by atoms with Gasteiger partial charge < -0.3 is 15.3 Å². The lowest BCUT2D eigenvalue weighted by atomic mass is 10.0. The number of H-pyrrole nitrogens is 1. The number of carbonyl (C=O) groups is 3. The molecule has 1 fully saturated rings. The third-order valence-corrected chi connectivity index (χ3v) is 9.17. The van der Waals surface area contributed by atoms with Gasteiger partial charge in [-0.15, -0.1) is 28.6 Å². The smallest absolute Gasteiger partial charge is 0.352 e. The second kappa shape index (κ2) is 10.2. The highest BCUT2D eigenvalue weighted by molar-refractivity contribution is 8.77. The molecule has 0 radical (unpaired) electrons. The fourth-order valence-electron chi connectivity index (χ4n) is 3.29. The fourth-order valence-corrected chi connectivity index (χ4v) is 7.46. The second-order valence-electron chi connectivity index (χ2n) is 6.66. The Labute approximate surface area is 199 Å². The lowest BCUT2D eigenvalue weighted by Gasteiger charge is -2.49. The molecule has 170 valence electrons. The number of amides is 2. The van der Waals surface area contributed by atoms with E-state index in [-0.39, 0.29) is 11.4 Å². The summed E-state index contributed by atoms with van der Waals surface area (Å²) in [7, 11) is 4.54. The number of nitrogens with one attached hydrogen (secondary N) is 2. The molecule has 11 nitrogen and oxygen atoms in total. The van der Waals surface area contributed by atoms with Gasteiger partial charge in [-0.2, -0.15) is 0 Å². The van der Waals surface area contributed by atoms with Crippen molar-refractivity contribution in [2.75, 3.05) is 24.4 Å². The van der Waals surface area contributed by atoms with Gasteiger partial charge >= 0.3 is 5.97 Å². The van der Waals surface area contributed by atoms with E-state index in [4.69, 9.17) is 4.84 Å². The molecule has 0 spiro atoms. The number of carboxylic acid groups (broad SMARTS) is 1. The van der Waals surface area contributed by atoms with Crippen LogP contribution in [-0.4, -0.2) is 84.7 Å². The molecular formula is C17H18N6O5S4. The van der Waals surface area contributed by atoms with Gasteiger partial charge in [0.05, 0.1) is 6.20 Å². The molecule has 1 aromatic rings. The van der Waals surface area contributed by atoms with Crippen LogP contribution in [0.1, 0.15) is 6.42 Å². The van der Waals surface area contributed by atoms with Crippen LogP contribution in [0.5, 0.6) is 0 Å². The summed E-state index contributed by atoms with van der Waals surface area (Å²) >= 11 is 2.77. The first-order chi connectivity index (χ1) is 15.5. The average Bonchev–Trinajstić information content (AvgIpc) is 3.33. The fraction of sp³-hybridized carbons (Fsp3) is 0.412. The number of carbonyl (C=O) groups excluding carboxylic acids is 2. The van der Waals surface area contributed by atoms with E-state index in [9.17, 15) is 19.5 Å². The van der Waals surface area contributed by atoms with Crippen molar-refractivity contribution in [2.45, 2.75) is 22.9 Å². The summed E-state index contributed by atoms with van der Waals surface area (Å²) in [5, 5.41) is 28.4. The molecule has 15 heteroatoms. The summed E-state index contributed by atoms with van der Waals surface area (Å²) < 4.78 is 0. The molecule has 0 aromatic carbocycles. The van der Waals surface area contributed by atoms with Gasteiger partial charge in [0, 0.05) is 17.3 Å². The number of aromatic nitrogens is 3. The van der Waals surface area contributed by atoms with Gasteiger partial charge in [0.2, 0.25) is 0 Å². The van der Waals surface area contributed by atoms with Crippen molar-refractivity contribution in [2.24, 2.45) is 5.16 Å². The number of thioether (sulfide) groups is 2. The number of hydrogen-bond acceptors (Lipinski definition) is 11. The van der Waals surface area contributed by atoms with Gasteiger partial charge in [-0.25, -0.2) is 4.79 Å². The van der Waals surface area contributed by atoms with Crippen molar-refractivity contribution in [3.8, 4) is 0 Å². The predicted octanol–water partition coefficient (Wildman–Crippen LogP) is 1.31. The summed E-state index contributed by atoms with van der Waals surface area (Å²) in [5.41, 5.74) is 1.47. The Balaban J connectivity index is 1.47. The third-order valence-electron chi connectivity index (χ3n) is 4.75. The van der Waals surface area contributed by atoms with Gasteiger partial charge in [-0.3, -0.25) is 19.6 Å². The molecule has 0 bridgehead atoms. The Hall–Kier alpha value is -2.10. The van der Waals surface area contributed by atoms with E-state index < -0.39 is 29.2 Å². The van der Waals surface area contributed by atoms with Crippen LogP contribution in [0.2, 0.25) is 0 Å². The van der Waals surface area contributed by atoms with Crippen molar-refractivity contribution in [3.05, 3.63) is 28.4 Å². The van der Waals surface area contributed by atoms with E-state index >= 15 is 0 Å². The largest absolute Gasteiger partial charge is 0.477 e. The first-order valence-electron chi connectivity index (χ1n) is 9.29. The molecule has 3 N–H and O–H groups in total. The maximum atomic E-state index is 12.9. The number of fused-ring (bicyclic) bond motifs is 1. The molecule has 3 aliphatic rings. The normalized spacial score (nSPS) is 23.3. The minimum absolute atomic E-state index is 0.0292. The molecule has 1 aromatic heterocycles. The summed E-state index contributed by atoms with van der Waals surface area (Å²) in [4.78, 5) is 43.8. The molecule has 32 heavy (non-hydrogen) atoms. The average molecular weight is 515 g/mol. The Kier molecular flexibility index (Phi) is 7.37. The van der Waals surface area contributed by atoms with Crippen LogP contribution in [-0.2, 0) is 19.2 Å². The number of β-lactam (4-membered cyclic amide) rings is 1. The third kappa shape index (κ3) is 4.65. The minimum Gasteiger partial charge on any atom is -0.477 e. The van der Waals surface area contributed by atoms with Crippen molar-refractivity contribution < 1.29 is 24.3 Å². The number of rotatable bonds is 8. The predicted molar refractivity (Wildman–Crippen MR) is 124 cm³/mol. The van der Waals surface area contributed by atoms with Gasteiger partial charge in [0.1, 0.15) is 29.2 Å². The first-order valence-corrected chi connectivity index (χ1v) is 13.7. The molecule has 0 aliphatic carbocycles. The number of oxime groups is 1. The van der Waals surface area contributed by atoms with E-state index in [1.54, 1.807) is 17.0 Å². The molecule has 1 saturated heterocycles. The zero-order valence-corrected chi connectivity index (χ0v) is 19.9. The number of hydrogen-bond donors (Lipinski definition) is 3.